The molecule has 3 heterocycles. The third-order valence-corrected chi connectivity index (χ3v) is 4.76. The number of amides is 1. The van der Waals surface area contributed by atoms with Crippen LogP contribution >= 0.6 is 0 Å². The number of terminal acetylenes is 1. The predicted octanol–water partition coefficient (Wildman–Crippen LogP) is 2.10. The van der Waals surface area contributed by atoms with E-state index in [1.165, 1.54) is 12.4 Å². The van der Waals surface area contributed by atoms with E-state index in [2.05, 4.69) is 21.2 Å². The molecule has 8 nitrogen and oxygen atoms in total. The average molecular weight is 343 g/mol. The molecule has 8 heteroatoms. The van der Waals surface area contributed by atoms with Gasteiger partial charge in [-0.2, -0.15) is 15.3 Å². The van der Waals surface area contributed by atoms with Gasteiger partial charge in [0.2, 0.25) is 5.91 Å². The molecule has 1 saturated heterocycles. The summed E-state index contributed by atoms with van der Waals surface area (Å²) < 4.78 is 1.66. The van der Waals surface area contributed by atoms with Crippen LogP contribution in [-0.2, 0) is 4.79 Å². The Bertz CT molecular complexity index is 727. The molecular formula is C17H21N5O3. The zero-order valence-corrected chi connectivity index (χ0v) is 14.0. The van der Waals surface area contributed by atoms with E-state index in [1.54, 1.807) is 4.68 Å². The van der Waals surface area contributed by atoms with Crippen molar-refractivity contribution in [3.63, 3.8) is 0 Å². The Morgan fingerprint density at radius 2 is 2.20 bits per heavy atom. The number of piperidine rings is 1. The second-order valence-electron chi connectivity index (χ2n) is 6.54. The third kappa shape index (κ3) is 4.05. The van der Waals surface area contributed by atoms with Crippen molar-refractivity contribution in [1.29, 1.82) is 0 Å². The fourth-order valence-electron chi connectivity index (χ4n) is 3.18. The van der Waals surface area contributed by atoms with Gasteiger partial charge in [0.1, 0.15) is 0 Å². The van der Waals surface area contributed by atoms with Gasteiger partial charge >= 0.3 is 5.97 Å². The Labute approximate surface area is 145 Å². The van der Waals surface area contributed by atoms with Crippen LogP contribution in [0.1, 0.15) is 54.9 Å². The molecule has 1 atom stereocenters. The van der Waals surface area contributed by atoms with E-state index in [0.717, 1.165) is 12.8 Å². The zero-order chi connectivity index (χ0) is 17.9. The van der Waals surface area contributed by atoms with Crippen molar-refractivity contribution in [2.45, 2.75) is 50.2 Å². The summed E-state index contributed by atoms with van der Waals surface area (Å²) in [5, 5.41) is 21.3. The van der Waals surface area contributed by atoms with Gasteiger partial charge in [0.05, 0.1) is 17.8 Å². The molecule has 132 valence electrons. The summed E-state index contributed by atoms with van der Waals surface area (Å²) in [7, 11) is 0. The summed E-state index contributed by atoms with van der Waals surface area (Å²) in [6.45, 7) is 1.26. The van der Waals surface area contributed by atoms with Crippen LogP contribution in [0.25, 0.3) is 0 Å². The molecule has 1 fully saturated rings. The third-order valence-electron chi connectivity index (χ3n) is 4.76. The van der Waals surface area contributed by atoms with Crippen molar-refractivity contribution in [1.82, 2.24) is 14.7 Å². The molecule has 0 bridgehead atoms. The molecule has 0 aromatic carbocycles. The first-order valence-electron chi connectivity index (χ1n) is 8.46. The van der Waals surface area contributed by atoms with Crippen molar-refractivity contribution >= 4 is 11.9 Å². The zero-order valence-electron chi connectivity index (χ0n) is 14.0. The fraction of sp³-hybridized carbons (Fsp3) is 0.588. The highest BCUT2D eigenvalue weighted by atomic mass is 16.4. The van der Waals surface area contributed by atoms with E-state index in [-0.39, 0.29) is 17.5 Å². The van der Waals surface area contributed by atoms with Crippen LogP contribution in [-0.4, -0.2) is 50.4 Å². The smallest absolute Gasteiger partial charge is 0.338 e. The lowest BCUT2D eigenvalue weighted by Crippen LogP contribution is -2.41. The number of aromatic nitrogens is 2. The molecular weight excluding hydrogens is 322 g/mol. The monoisotopic (exact) mass is 343 g/mol. The molecule has 3 rings (SSSR count). The molecule has 2 aliphatic rings. The number of hydrogen-bond acceptors (Lipinski definition) is 5. The molecule has 0 aliphatic carbocycles. The average Bonchev–Trinajstić information content (AvgIpc) is 3.21. The van der Waals surface area contributed by atoms with Gasteiger partial charge in [0.15, 0.2) is 5.66 Å². The van der Waals surface area contributed by atoms with E-state index < -0.39 is 11.6 Å². The summed E-state index contributed by atoms with van der Waals surface area (Å²) >= 11 is 0. The predicted molar refractivity (Wildman–Crippen MR) is 88.9 cm³/mol. The van der Waals surface area contributed by atoms with Crippen molar-refractivity contribution in [2.24, 2.45) is 10.2 Å². The summed E-state index contributed by atoms with van der Waals surface area (Å²) in [4.78, 5) is 25.3. The Morgan fingerprint density at radius 1 is 1.40 bits per heavy atom. The number of aromatic carboxylic acids is 1. The standard InChI is InChI=1S/C17H21N5O3/c1-2-3-7-17(19-20-17)8-6-15(23)21-9-4-5-14(12-21)22-11-13(10-18-22)16(24)25/h1,10-11,14H,3-9,12H2,(H,24,25). The van der Waals surface area contributed by atoms with Gasteiger partial charge in [0, 0.05) is 45.0 Å². The molecule has 1 N–H and O–H groups in total. The van der Waals surface area contributed by atoms with E-state index >= 15 is 0 Å². The van der Waals surface area contributed by atoms with Crippen LogP contribution in [0.4, 0.5) is 0 Å². The summed E-state index contributed by atoms with van der Waals surface area (Å²) in [5.41, 5.74) is -0.272. The number of likely N-dealkylation sites (tertiary alicyclic amines) is 1. The molecule has 25 heavy (non-hydrogen) atoms. The van der Waals surface area contributed by atoms with Gasteiger partial charge in [-0.3, -0.25) is 9.48 Å². The molecule has 1 unspecified atom stereocenters. The topological polar surface area (TPSA) is 100 Å². The van der Waals surface area contributed by atoms with Gasteiger partial charge in [0.25, 0.3) is 0 Å². The largest absolute Gasteiger partial charge is 0.478 e. The normalized spacial score (nSPS) is 20.9. The highest BCUT2D eigenvalue weighted by Crippen LogP contribution is 2.38. The maximum atomic E-state index is 12.5. The Balaban J connectivity index is 1.53. The number of carbonyl (C=O) groups is 2. The first kappa shape index (κ1) is 17.1. The molecule has 2 aliphatic heterocycles. The number of rotatable bonds is 7. The number of hydrogen-bond donors (Lipinski definition) is 1. The van der Waals surface area contributed by atoms with Crippen LogP contribution in [0, 0.1) is 12.3 Å². The SMILES string of the molecule is C#CCCC1(CCC(=O)N2CCCC(n3cc(C(=O)O)cn3)C2)N=N1. The van der Waals surface area contributed by atoms with Crippen molar-refractivity contribution < 1.29 is 14.7 Å². The Morgan fingerprint density at radius 3 is 2.84 bits per heavy atom. The maximum absolute atomic E-state index is 12.5. The van der Waals surface area contributed by atoms with E-state index in [9.17, 15) is 9.59 Å². The lowest BCUT2D eigenvalue weighted by atomic mass is 10.0. The lowest BCUT2D eigenvalue weighted by molar-refractivity contribution is -0.133. The van der Waals surface area contributed by atoms with Crippen molar-refractivity contribution in [3.8, 4) is 12.3 Å². The van der Waals surface area contributed by atoms with Gasteiger partial charge in [-0.05, 0) is 12.8 Å². The van der Waals surface area contributed by atoms with E-state index in [0.29, 0.717) is 38.8 Å². The minimum absolute atomic E-state index is 0.0106. The second-order valence-corrected chi connectivity index (χ2v) is 6.54. The quantitative estimate of drug-likeness (QED) is 0.766. The molecule has 0 spiro atoms. The molecule has 0 radical (unpaired) electrons. The number of carboxylic acid groups (broad SMARTS) is 1. The van der Waals surface area contributed by atoms with Crippen LogP contribution in [0.2, 0.25) is 0 Å². The van der Waals surface area contributed by atoms with Crippen LogP contribution < -0.4 is 0 Å². The van der Waals surface area contributed by atoms with Gasteiger partial charge in [-0.25, -0.2) is 4.79 Å². The molecule has 1 aromatic rings. The van der Waals surface area contributed by atoms with Gasteiger partial charge < -0.3 is 10.0 Å². The summed E-state index contributed by atoms with van der Waals surface area (Å²) in [6, 6.07) is 0.0106. The number of nitrogens with zero attached hydrogens (tertiary/aromatic N) is 5. The summed E-state index contributed by atoms with van der Waals surface area (Å²) in [6.07, 6.45) is 12.2. The van der Waals surface area contributed by atoms with Gasteiger partial charge in [-0.15, -0.1) is 12.3 Å². The lowest BCUT2D eigenvalue weighted by Gasteiger charge is -2.33. The van der Waals surface area contributed by atoms with Gasteiger partial charge in [-0.1, -0.05) is 0 Å². The highest BCUT2D eigenvalue weighted by molar-refractivity contribution is 5.86. The molecule has 1 aromatic heterocycles. The molecule has 0 saturated carbocycles. The highest BCUT2D eigenvalue weighted by Gasteiger charge is 2.40. The maximum Gasteiger partial charge on any atom is 0.338 e. The van der Waals surface area contributed by atoms with Crippen molar-refractivity contribution in [2.75, 3.05) is 13.1 Å². The first-order valence-corrected chi connectivity index (χ1v) is 8.46. The second kappa shape index (κ2) is 7.05. The molecule has 1 amide bonds. The number of carbonyl (C=O) groups excluding carboxylic acids is 1. The summed E-state index contributed by atoms with van der Waals surface area (Å²) in [5.74, 6) is 1.66. The van der Waals surface area contributed by atoms with E-state index in [4.69, 9.17) is 11.5 Å². The van der Waals surface area contributed by atoms with Crippen LogP contribution in [0.3, 0.4) is 0 Å². The first-order chi connectivity index (χ1) is 12.0. The minimum Gasteiger partial charge on any atom is -0.478 e. The van der Waals surface area contributed by atoms with E-state index in [1.807, 2.05) is 4.90 Å². The fourth-order valence-corrected chi connectivity index (χ4v) is 3.18. The Hall–Kier alpha value is -2.69. The Kier molecular flexibility index (Phi) is 4.83. The minimum atomic E-state index is -0.996. The number of carboxylic acids is 1. The van der Waals surface area contributed by atoms with Crippen LogP contribution in [0.5, 0.6) is 0 Å². The van der Waals surface area contributed by atoms with Crippen LogP contribution in [0.15, 0.2) is 22.6 Å². The van der Waals surface area contributed by atoms with Crippen molar-refractivity contribution in [3.05, 3.63) is 18.0 Å².